The van der Waals surface area contributed by atoms with Gasteiger partial charge in [0.1, 0.15) is 11.9 Å². The molecule has 2 amide bonds. The number of Topliss-reactive ketones (excluding diaryl/α,β-unsaturated/α-hetero) is 1. The molecule has 4 aliphatic rings. The van der Waals surface area contributed by atoms with Crippen LogP contribution in [0.15, 0.2) is 30.9 Å². The van der Waals surface area contributed by atoms with Gasteiger partial charge in [-0.3, -0.25) is 19.7 Å². The number of fused-ring (bicyclic) bond motifs is 1. The Balaban J connectivity index is 1.55. The highest BCUT2D eigenvalue weighted by Crippen LogP contribution is 2.68. The first kappa shape index (κ1) is 26.5. The van der Waals surface area contributed by atoms with E-state index in [9.17, 15) is 29.6 Å². The molecule has 1 N–H and O–H groups in total. The molecule has 8 atom stereocenters. The van der Waals surface area contributed by atoms with Gasteiger partial charge in [-0.2, -0.15) is 0 Å². The van der Waals surface area contributed by atoms with Gasteiger partial charge in [0.05, 0.1) is 28.7 Å². The maximum absolute atomic E-state index is 13.6. The fraction of sp³-hybridized carbons (Fsp3) is 0.621. The van der Waals surface area contributed by atoms with E-state index in [1.54, 1.807) is 6.08 Å². The van der Waals surface area contributed by atoms with Crippen LogP contribution in [0.3, 0.4) is 0 Å². The zero-order valence-corrected chi connectivity index (χ0v) is 22.4. The summed E-state index contributed by atoms with van der Waals surface area (Å²) in [6.07, 6.45) is 2.24. The summed E-state index contributed by atoms with van der Waals surface area (Å²) in [5, 5.41) is 23.2. The number of ether oxygens (including phenoxy) is 1. The molecule has 1 aromatic rings. The maximum atomic E-state index is 13.6. The molecule has 38 heavy (non-hydrogen) atoms. The normalized spacial score (nSPS) is 40.1. The van der Waals surface area contributed by atoms with Crippen molar-refractivity contribution < 1.29 is 29.2 Å². The van der Waals surface area contributed by atoms with Crippen LogP contribution < -0.4 is 0 Å². The molecule has 3 fully saturated rings. The van der Waals surface area contributed by atoms with E-state index >= 15 is 0 Å². The van der Waals surface area contributed by atoms with Crippen molar-refractivity contribution in [2.24, 2.45) is 34.0 Å². The number of aliphatic hydroxyl groups excluding tert-OH is 1. The van der Waals surface area contributed by atoms with Gasteiger partial charge in [-0.25, -0.2) is 9.69 Å². The van der Waals surface area contributed by atoms with E-state index in [-0.39, 0.29) is 53.3 Å². The SMILES string of the molecule is C=C[C@]1(C)C[C@@H](OC(=O)N2Cc3c(cccc3[N+](=O)[O-])C2=O)[C@@]2(C)C3C(=O)CC[C@@]3(CC[C@H]2C)[C@@H](C)[C@@H]1O. The Labute approximate surface area is 222 Å². The molecule has 1 aliphatic heterocycles. The molecule has 3 saturated carbocycles. The van der Waals surface area contributed by atoms with Gasteiger partial charge >= 0.3 is 6.09 Å². The van der Waals surface area contributed by atoms with Crippen molar-refractivity contribution in [2.75, 3.05) is 0 Å². The van der Waals surface area contributed by atoms with Gasteiger partial charge in [0.2, 0.25) is 0 Å². The first-order valence-corrected chi connectivity index (χ1v) is 13.4. The standard InChI is InChI=1S/C29H36N2O7/c1-6-27(4)14-22(38-26(35)30-15-19-18(25(30)34)8-7-9-20(19)31(36)37)28(5)16(2)10-12-29(17(3)24(27)33)13-11-21(32)23(28)29/h6-9,16-17,22-24,33H,1,10-15H2,2-5H3/t16-,17+,22-,23?,24+,27-,28+,29+/m1/s1. The largest absolute Gasteiger partial charge is 0.445 e. The van der Waals surface area contributed by atoms with Crippen molar-refractivity contribution in [1.82, 2.24) is 4.90 Å². The second-order valence-electron chi connectivity index (χ2n) is 12.4. The van der Waals surface area contributed by atoms with Crippen molar-refractivity contribution in [2.45, 2.75) is 78.6 Å². The third-order valence-corrected chi connectivity index (χ3v) is 10.9. The van der Waals surface area contributed by atoms with Crippen LogP contribution in [0.2, 0.25) is 0 Å². The number of nitrogens with zero attached hydrogens (tertiary/aromatic N) is 2. The lowest BCUT2D eigenvalue weighted by Gasteiger charge is -2.61. The van der Waals surface area contributed by atoms with Gasteiger partial charge in [-0.05, 0) is 49.0 Å². The molecule has 9 heteroatoms. The second-order valence-corrected chi connectivity index (χ2v) is 12.4. The zero-order chi connectivity index (χ0) is 27.8. The van der Waals surface area contributed by atoms with Gasteiger partial charge in [0, 0.05) is 29.2 Å². The predicted molar refractivity (Wildman–Crippen MR) is 138 cm³/mol. The van der Waals surface area contributed by atoms with Gasteiger partial charge < -0.3 is 9.84 Å². The Morgan fingerprint density at radius 2 is 1.97 bits per heavy atom. The Morgan fingerprint density at radius 1 is 1.26 bits per heavy atom. The molecule has 1 heterocycles. The third kappa shape index (κ3) is 3.43. The molecule has 9 nitrogen and oxygen atoms in total. The number of nitro groups is 1. The van der Waals surface area contributed by atoms with Gasteiger partial charge in [-0.15, -0.1) is 6.58 Å². The molecule has 204 valence electrons. The van der Waals surface area contributed by atoms with Gasteiger partial charge in [0.25, 0.3) is 11.6 Å². The molecule has 1 aromatic carbocycles. The summed E-state index contributed by atoms with van der Waals surface area (Å²) in [6, 6.07) is 4.20. The molecule has 0 aromatic heterocycles. The van der Waals surface area contributed by atoms with Crippen LogP contribution >= 0.6 is 0 Å². The molecule has 1 unspecified atom stereocenters. The third-order valence-electron chi connectivity index (χ3n) is 10.9. The zero-order valence-electron chi connectivity index (χ0n) is 22.4. The Bertz CT molecular complexity index is 1250. The Hall–Kier alpha value is -3.07. The van der Waals surface area contributed by atoms with E-state index in [1.165, 1.54) is 18.2 Å². The summed E-state index contributed by atoms with van der Waals surface area (Å²) in [4.78, 5) is 52.2. The van der Waals surface area contributed by atoms with E-state index < -0.39 is 45.4 Å². The van der Waals surface area contributed by atoms with Crippen LogP contribution in [0, 0.1) is 44.1 Å². The van der Waals surface area contributed by atoms with E-state index in [0.717, 1.165) is 17.7 Å². The lowest BCUT2D eigenvalue weighted by molar-refractivity contribution is -0.385. The number of aliphatic hydroxyl groups is 1. The van der Waals surface area contributed by atoms with Crippen LogP contribution in [-0.4, -0.2) is 44.9 Å². The Morgan fingerprint density at radius 3 is 2.63 bits per heavy atom. The molecular formula is C29H36N2O7. The van der Waals surface area contributed by atoms with Crippen molar-refractivity contribution in [1.29, 1.82) is 0 Å². The van der Waals surface area contributed by atoms with Crippen LogP contribution in [0.4, 0.5) is 10.5 Å². The van der Waals surface area contributed by atoms with Crippen molar-refractivity contribution in [3.63, 3.8) is 0 Å². The number of hydrogen-bond donors (Lipinski definition) is 1. The molecule has 0 spiro atoms. The fourth-order valence-corrected chi connectivity index (χ4v) is 8.32. The fourth-order valence-electron chi connectivity index (χ4n) is 8.32. The van der Waals surface area contributed by atoms with Crippen molar-refractivity contribution >= 4 is 23.5 Å². The minimum atomic E-state index is -0.893. The molecule has 3 aliphatic carbocycles. The van der Waals surface area contributed by atoms with Crippen LogP contribution in [-0.2, 0) is 16.1 Å². The monoisotopic (exact) mass is 524 g/mol. The maximum Gasteiger partial charge on any atom is 0.417 e. The number of benzene rings is 1. The average Bonchev–Trinajstić information content (AvgIpc) is 3.42. The lowest BCUT2D eigenvalue weighted by Crippen LogP contribution is -2.63. The molecule has 2 bridgehead atoms. The van der Waals surface area contributed by atoms with Gasteiger partial charge in [0.15, 0.2) is 0 Å². The minimum absolute atomic E-state index is 0.0459. The first-order valence-electron chi connectivity index (χ1n) is 13.4. The second kappa shape index (κ2) is 8.73. The number of ketones is 1. The quantitative estimate of drug-likeness (QED) is 0.333. The lowest BCUT2D eigenvalue weighted by atomic mass is 9.44. The van der Waals surface area contributed by atoms with Crippen LogP contribution in [0.25, 0.3) is 0 Å². The predicted octanol–water partition coefficient (Wildman–Crippen LogP) is 5.05. The summed E-state index contributed by atoms with van der Waals surface area (Å²) in [5.74, 6) is -0.997. The number of rotatable bonds is 3. The summed E-state index contributed by atoms with van der Waals surface area (Å²) in [6.45, 7) is 11.8. The smallest absolute Gasteiger partial charge is 0.417 e. The molecular weight excluding hydrogens is 488 g/mol. The van der Waals surface area contributed by atoms with Gasteiger partial charge in [-0.1, -0.05) is 39.8 Å². The Kier molecular flexibility index (Phi) is 6.09. The van der Waals surface area contributed by atoms with Crippen LogP contribution in [0.5, 0.6) is 0 Å². The topological polar surface area (TPSA) is 127 Å². The molecule has 5 rings (SSSR count). The summed E-state index contributed by atoms with van der Waals surface area (Å²) >= 11 is 0. The minimum Gasteiger partial charge on any atom is -0.445 e. The number of carbonyl (C=O) groups is 3. The number of hydrogen-bond acceptors (Lipinski definition) is 7. The molecule has 0 saturated heterocycles. The average molecular weight is 525 g/mol. The summed E-state index contributed by atoms with van der Waals surface area (Å²) in [5.41, 5.74) is -1.86. The number of carbonyl (C=O) groups excluding carboxylic acids is 3. The highest BCUT2D eigenvalue weighted by Gasteiger charge is 2.68. The number of imide groups is 1. The van der Waals surface area contributed by atoms with E-state index in [0.29, 0.717) is 12.8 Å². The van der Waals surface area contributed by atoms with Crippen molar-refractivity contribution in [3.8, 4) is 0 Å². The number of nitro benzene ring substituents is 1. The summed E-state index contributed by atoms with van der Waals surface area (Å²) in [7, 11) is 0. The molecule has 0 radical (unpaired) electrons. The van der Waals surface area contributed by atoms with Crippen molar-refractivity contribution in [3.05, 3.63) is 52.1 Å². The van der Waals surface area contributed by atoms with E-state index in [1.807, 2.05) is 20.8 Å². The highest BCUT2D eigenvalue weighted by atomic mass is 16.6. The van der Waals surface area contributed by atoms with Crippen LogP contribution in [0.1, 0.15) is 75.7 Å². The summed E-state index contributed by atoms with van der Waals surface area (Å²) < 4.78 is 6.19. The first-order chi connectivity index (χ1) is 17.8. The van der Waals surface area contributed by atoms with E-state index in [4.69, 9.17) is 4.74 Å². The van der Waals surface area contributed by atoms with E-state index in [2.05, 4.69) is 13.5 Å². The number of amides is 2. The highest BCUT2D eigenvalue weighted by molar-refractivity contribution is 6.07.